The van der Waals surface area contributed by atoms with Crippen LogP contribution in [0.5, 0.6) is 0 Å². The van der Waals surface area contributed by atoms with Crippen molar-refractivity contribution in [2.75, 3.05) is 11.5 Å². The first-order valence-corrected chi connectivity index (χ1v) is 5.85. The molecule has 0 aliphatic carbocycles. The van der Waals surface area contributed by atoms with E-state index >= 15 is 0 Å². The number of rotatable bonds is 3. The van der Waals surface area contributed by atoms with E-state index in [4.69, 9.17) is 5.11 Å². The molecule has 1 aliphatic rings. The van der Waals surface area contributed by atoms with Gasteiger partial charge in [-0.25, -0.2) is 8.78 Å². The minimum Gasteiger partial charge on any atom is -0.481 e. The van der Waals surface area contributed by atoms with Crippen molar-refractivity contribution in [3.8, 4) is 0 Å². The standard InChI is InChI=1S/C9H14F2O2S/c10-9(11)4-6-14-5-3-7(9)1-2-8(12)13/h7H,1-6H2,(H,12,13). The molecule has 1 rings (SSSR count). The van der Waals surface area contributed by atoms with Crippen LogP contribution in [-0.2, 0) is 4.79 Å². The highest BCUT2D eigenvalue weighted by atomic mass is 32.2. The first kappa shape index (κ1) is 11.8. The summed E-state index contributed by atoms with van der Waals surface area (Å²) in [7, 11) is 0. The summed E-state index contributed by atoms with van der Waals surface area (Å²) in [5.41, 5.74) is 0. The maximum Gasteiger partial charge on any atom is 0.303 e. The fraction of sp³-hybridized carbons (Fsp3) is 0.889. The molecule has 0 aromatic heterocycles. The fourth-order valence-electron chi connectivity index (χ4n) is 1.60. The van der Waals surface area contributed by atoms with Gasteiger partial charge in [0.15, 0.2) is 0 Å². The van der Waals surface area contributed by atoms with Crippen LogP contribution >= 0.6 is 11.8 Å². The first-order chi connectivity index (χ1) is 6.52. The van der Waals surface area contributed by atoms with Crippen LogP contribution < -0.4 is 0 Å². The van der Waals surface area contributed by atoms with Crippen LogP contribution in [-0.4, -0.2) is 28.5 Å². The van der Waals surface area contributed by atoms with Gasteiger partial charge in [0.05, 0.1) is 0 Å². The summed E-state index contributed by atoms with van der Waals surface area (Å²) in [5, 5.41) is 8.43. The summed E-state index contributed by atoms with van der Waals surface area (Å²) in [5.74, 6) is -3.19. The Labute approximate surface area is 86.1 Å². The molecule has 2 nitrogen and oxygen atoms in total. The Bertz CT molecular complexity index is 209. The fourth-order valence-corrected chi connectivity index (χ4v) is 2.68. The number of aliphatic carboxylic acids is 1. The zero-order chi connectivity index (χ0) is 10.6. The van der Waals surface area contributed by atoms with Gasteiger partial charge in [-0.05, 0) is 24.3 Å². The molecule has 0 amide bonds. The van der Waals surface area contributed by atoms with E-state index in [0.717, 1.165) is 5.75 Å². The molecular weight excluding hydrogens is 210 g/mol. The molecule has 0 bridgehead atoms. The minimum atomic E-state index is -2.67. The summed E-state index contributed by atoms with van der Waals surface area (Å²) in [6, 6.07) is 0. The van der Waals surface area contributed by atoms with Crippen molar-refractivity contribution in [2.24, 2.45) is 5.92 Å². The summed E-state index contributed by atoms with van der Waals surface area (Å²) >= 11 is 1.53. The van der Waals surface area contributed by atoms with E-state index in [1.165, 1.54) is 11.8 Å². The van der Waals surface area contributed by atoms with Gasteiger partial charge in [-0.2, -0.15) is 11.8 Å². The number of hydrogen-bond donors (Lipinski definition) is 1. The molecule has 0 saturated carbocycles. The SMILES string of the molecule is O=C(O)CCC1CCSCCC1(F)F. The van der Waals surface area contributed by atoms with Crippen LogP contribution in [0.3, 0.4) is 0 Å². The summed E-state index contributed by atoms with van der Waals surface area (Å²) in [4.78, 5) is 10.3. The molecule has 1 saturated heterocycles. The molecular formula is C9H14F2O2S. The monoisotopic (exact) mass is 224 g/mol. The highest BCUT2D eigenvalue weighted by Gasteiger charge is 2.39. The van der Waals surface area contributed by atoms with E-state index in [1.807, 2.05) is 0 Å². The quantitative estimate of drug-likeness (QED) is 0.800. The lowest BCUT2D eigenvalue weighted by atomic mass is 9.91. The number of halogens is 2. The number of carboxylic acid groups (broad SMARTS) is 1. The molecule has 5 heteroatoms. The van der Waals surface area contributed by atoms with E-state index in [1.54, 1.807) is 0 Å². The van der Waals surface area contributed by atoms with Gasteiger partial charge < -0.3 is 5.11 Å². The topological polar surface area (TPSA) is 37.3 Å². The molecule has 1 atom stereocenters. The summed E-state index contributed by atoms with van der Waals surface area (Å²) in [6.45, 7) is 0. The minimum absolute atomic E-state index is 0.100. The predicted molar refractivity (Wildman–Crippen MR) is 51.9 cm³/mol. The average molecular weight is 224 g/mol. The Morgan fingerprint density at radius 3 is 2.86 bits per heavy atom. The van der Waals surface area contributed by atoms with Gasteiger partial charge in [0.1, 0.15) is 0 Å². The Hall–Kier alpha value is -0.320. The highest BCUT2D eigenvalue weighted by Crippen LogP contribution is 2.38. The van der Waals surface area contributed by atoms with Crippen LogP contribution in [0.25, 0.3) is 0 Å². The third kappa shape index (κ3) is 3.44. The van der Waals surface area contributed by atoms with Gasteiger partial charge in [0, 0.05) is 18.8 Å². The normalized spacial score (nSPS) is 26.9. The van der Waals surface area contributed by atoms with E-state index in [-0.39, 0.29) is 19.3 Å². The Morgan fingerprint density at radius 2 is 2.21 bits per heavy atom. The second-order valence-corrected chi connectivity index (χ2v) is 4.77. The van der Waals surface area contributed by atoms with Crippen molar-refractivity contribution in [3.63, 3.8) is 0 Å². The Morgan fingerprint density at radius 1 is 1.50 bits per heavy atom. The average Bonchev–Trinajstić information content (AvgIpc) is 2.23. The smallest absolute Gasteiger partial charge is 0.303 e. The molecule has 0 aromatic rings. The van der Waals surface area contributed by atoms with Gasteiger partial charge in [0.2, 0.25) is 0 Å². The maximum atomic E-state index is 13.4. The lowest BCUT2D eigenvalue weighted by molar-refractivity contribution is -0.138. The first-order valence-electron chi connectivity index (χ1n) is 4.70. The largest absolute Gasteiger partial charge is 0.481 e. The van der Waals surface area contributed by atoms with Crippen LogP contribution in [0, 0.1) is 5.92 Å². The van der Waals surface area contributed by atoms with E-state index < -0.39 is 17.8 Å². The maximum absolute atomic E-state index is 13.4. The van der Waals surface area contributed by atoms with Crippen molar-refractivity contribution in [2.45, 2.75) is 31.6 Å². The van der Waals surface area contributed by atoms with Gasteiger partial charge in [0.25, 0.3) is 5.92 Å². The zero-order valence-electron chi connectivity index (χ0n) is 7.84. The molecule has 1 aliphatic heterocycles. The molecule has 1 fully saturated rings. The van der Waals surface area contributed by atoms with Crippen LogP contribution in [0.4, 0.5) is 8.78 Å². The van der Waals surface area contributed by atoms with Gasteiger partial charge in [-0.1, -0.05) is 0 Å². The van der Waals surface area contributed by atoms with Crippen molar-refractivity contribution < 1.29 is 18.7 Å². The lowest BCUT2D eigenvalue weighted by Crippen LogP contribution is -2.28. The van der Waals surface area contributed by atoms with Crippen LogP contribution in [0.1, 0.15) is 25.7 Å². The Kier molecular flexibility index (Phi) is 4.16. The molecule has 1 N–H and O–H groups in total. The second-order valence-electron chi connectivity index (χ2n) is 3.54. The van der Waals surface area contributed by atoms with Gasteiger partial charge in [-0.3, -0.25) is 4.79 Å². The number of carbonyl (C=O) groups is 1. The van der Waals surface area contributed by atoms with Gasteiger partial charge >= 0.3 is 5.97 Å². The van der Waals surface area contributed by atoms with E-state index in [2.05, 4.69) is 0 Å². The molecule has 0 spiro atoms. The number of alkyl halides is 2. The number of hydrogen-bond acceptors (Lipinski definition) is 2. The van der Waals surface area contributed by atoms with Crippen molar-refractivity contribution in [3.05, 3.63) is 0 Å². The summed E-state index contributed by atoms with van der Waals surface area (Å²) in [6.07, 6.45) is 0.278. The zero-order valence-corrected chi connectivity index (χ0v) is 8.66. The van der Waals surface area contributed by atoms with Crippen molar-refractivity contribution in [1.82, 2.24) is 0 Å². The lowest BCUT2D eigenvalue weighted by Gasteiger charge is -2.23. The molecule has 14 heavy (non-hydrogen) atoms. The molecule has 82 valence electrons. The summed E-state index contributed by atoms with van der Waals surface area (Å²) < 4.78 is 26.7. The van der Waals surface area contributed by atoms with E-state index in [9.17, 15) is 13.6 Å². The van der Waals surface area contributed by atoms with Crippen molar-refractivity contribution in [1.29, 1.82) is 0 Å². The highest BCUT2D eigenvalue weighted by molar-refractivity contribution is 7.99. The van der Waals surface area contributed by atoms with Crippen LogP contribution in [0.15, 0.2) is 0 Å². The predicted octanol–water partition coefficient (Wildman–Crippen LogP) is 2.63. The molecule has 0 radical (unpaired) electrons. The molecule has 1 heterocycles. The number of thioether (sulfide) groups is 1. The molecule has 0 aromatic carbocycles. The van der Waals surface area contributed by atoms with Gasteiger partial charge in [-0.15, -0.1) is 0 Å². The third-order valence-corrected chi connectivity index (χ3v) is 3.51. The second kappa shape index (κ2) is 4.96. The number of carboxylic acids is 1. The third-order valence-electron chi connectivity index (χ3n) is 2.49. The van der Waals surface area contributed by atoms with Crippen molar-refractivity contribution >= 4 is 17.7 Å². The molecule has 1 unspecified atom stereocenters. The van der Waals surface area contributed by atoms with Crippen LogP contribution in [0.2, 0.25) is 0 Å². The van der Waals surface area contributed by atoms with E-state index in [0.29, 0.717) is 12.2 Å². The Balaban J connectivity index is 2.49.